The molecule has 3 aromatic carbocycles. The van der Waals surface area contributed by atoms with E-state index in [9.17, 15) is 4.79 Å². The summed E-state index contributed by atoms with van der Waals surface area (Å²) in [7, 11) is 1.57. The standard InChI is InChI=1S/C25H22ClNO3/c1-3-30-24(28)25(18-12-8-5-9-13-18)16-20(17-10-6-4-7-11-17)19-14-21(26)23(29-2)15-22(19)27-25/h4-16,27H,3H2,1-2H3. The first-order chi connectivity index (χ1) is 14.6. The van der Waals surface area contributed by atoms with Crippen molar-refractivity contribution in [2.45, 2.75) is 12.5 Å². The zero-order chi connectivity index (χ0) is 21.1. The first-order valence-corrected chi connectivity index (χ1v) is 10.1. The van der Waals surface area contributed by atoms with Crippen molar-refractivity contribution in [3.8, 4) is 5.75 Å². The highest BCUT2D eigenvalue weighted by atomic mass is 35.5. The van der Waals surface area contributed by atoms with Crippen molar-refractivity contribution in [2.24, 2.45) is 0 Å². The summed E-state index contributed by atoms with van der Waals surface area (Å²) in [6, 6.07) is 23.2. The monoisotopic (exact) mass is 419 g/mol. The van der Waals surface area contributed by atoms with Gasteiger partial charge in [-0.15, -0.1) is 0 Å². The predicted molar refractivity (Wildman–Crippen MR) is 120 cm³/mol. The Hall–Kier alpha value is -3.24. The van der Waals surface area contributed by atoms with Crippen molar-refractivity contribution >= 4 is 28.8 Å². The molecule has 152 valence electrons. The fraction of sp³-hybridized carbons (Fsp3) is 0.160. The number of hydrogen-bond acceptors (Lipinski definition) is 4. The van der Waals surface area contributed by atoms with E-state index in [0.29, 0.717) is 10.8 Å². The maximum absolute atomic E-state index is 13.3. The van der Waals surface area contributed by atoms with Crippen LogP contribution in [0.1, 0.15) is 23.6 Å². The van der Waals surface area contributed by atoms with Crippen molar-refractivity contribution in [1.82, 2.24) is 0 Å². The number of fused-ring (bicyclic) bond motifs is 1. The molecule has 0 fully saturated rings. The molecule has 0 saturated carbocycles. The van der Waals surface area contributed by atoms with Gasteiger partial charge in [0.2, 0.25) is 0 Å². The van der Waals surface area contributed by atoms with E-state index in [1.54, 1.807) is 14.0 Å². The van der Waals surface area contributed by atoms with E-state index in [1.165, 1.54) is 0 Å². The molecular weight excluding hydrogens is 398 g/mol. The second-order valence-electron chi connectivity index (χ2n) is 6.98. The highest BCUT2D eigenvalue weighted by molar-refractivity contribution is 6.32. The molecule has 1 aliphatic heterocycles. The third-order valence-electron chi connectivity index (χ3n) is 5.19. The number of anilines is 1. The van der Waals surface area contributed by atoms with Gasteiger partial charge in [0.25, 0.3) is 0 Å². The Morgan fingerprint density at radius 2 is 1.70 bits per heavy atom. The van der Waals surface area contributed by atoms with Crippen molar-refractivity contribution < 1.29 is 14.3 Å². The van der Waals surface area contributed by atoms with Gasteiger partial charge in [0.05, 0.1) is 18.7 Å². The van der Waals surface area contributed by atoms with Crippen LogP contribution in [0, 0.1) is 0 Å². The summed E-state index contributed by atoms with van der Waals surface area (Å²) in [4.78, 5) is 13.3. The molecule has 4 rings (SSSR count). The Morgan fingerprint density at radius 1 is 1.03 bits per heavy atom. The Kier molecular flexibility index (Phi) is 5.51. The predicted octanol–water partition coefficient (Wildman–Crippen LogP) is 5.66. The second-order valence-corrected chi connectivity index (χ2v) is 7.38. The second kappa shape index (κ2) is 8.25. The molecule has 0 amide bonds. The van der Waals surface area contributed by atoms with Gasteiger partial charge >= 0.3 is 5.97 Å². The maximum Gasteiger partial charge on any atom is 0.340 e. The van der Waals surface area contributed by atoms with Gasteiger partial charge in [0.15, 0.2) is 5.54 Å². The maximum atomic E-state index is 13.3. The summed E-state index contributed by atoms with van der Waals surface area (Å²) in [6.45, 7) is 2.08. The normalized spacial score (nSPS) is 17.4. The summed E-state index contributed by atoms with van der Waals surface area (Å²) in [6.07, 6.45) is 1.93. The van der Waals surface area contributed by atoms with Gasteiger partial charge in [0.1, 0.15) is 5.75 Å². The average Bonchev–Trinajstić information content (AvgIpc) is 2.79. The van der Waals surface area contributed by atoms with Crippen molar-refractivity contribution in [1.29, 1.82) is 0 Å². The van der Waals surface area contributed by atoms with Crippen LogP contribution in [-0.2, 0) is 15.1 Å². The molecule has 1 aliphatic rings. The van der Waals surface area contributed by atoms with Gasteiger partial charge in [-0.3, -0.25) is 0 Å². The van der Waals surface area contributed by atoms with Crippen molar-refractivity contribution in [3.63, 3.8) is 0 Å². The summed E-state index contributed by atoms with van der Waals surface area (Å²) in [5.41, 5.74) is 3.11. The Balaban J connectivity index is 2.02. The van der Waals surface area contributed by atoms with Gasteiger partial charge < -0.3 is 14.8 Å². The number of carbonyl (C=O) groups is 1. The molecule has 0 bridgehead atoms. The number of benzene rings is 3. The molecule has 0 spiro atoms. The average molecular weight is 420 g/mol. The lowest BCUT2D eigenvalue weighted by Crippen LogP contribution is -2.45. The first kappa shape index (κ1) is 20.0. The first-order valence-electron chi connectivity index (χ1n) is 9.76. The van der Waals surface area contributed by atoms with Crippen LogP contribution in [0.5, 0.6) is 5.75 Å². The van der Waals surface area contributed by atoms with Crippen molar-refractivity contribution in [2.75, 3.05) is 19.0 Å². The van der Waals surface area contributed by atoms with E-state index < -0.39 is 5.54 Å². The molecule has 1 atom stereocenters. The lowest BCUT2D eigenvalue weighted by Gasteiger charge is -2.37. The van der Waals surface area contributed by atoms with Gasteiger partial charge in [-0.05, 0) is 35.8 Å². The summed E-state index contributed by atoms with van der Waals surface area (Å²) < 4.78 is 10.9. The smallest absolute Gasteiger partial charge is 0.340 e. The minimum Gasteiger partial charge on any atom is -0.495 e. The Bertz CT molecular complexity index is 1100. The summed E-state index contributed by atoms with van der Waals surface area (Å²) in [5, 5.41) is 3.93. The van der Waals surface area contributed by atoms with E-state index in [0.717, 1.165) is 28.0 Å². The fourth-order valence-corrected chi connectivity index (χ4v) is 4.01. The minimum absolute atomic E-state index is 0.278. The molecule has 3 aromatic rings. The Morgan fingerprint density at radius 3 is 2.33 bits per heavy atom. The molecule has 1 N–H and O–H groups in total. The summed E-state index contributed by atoms with van der Waals surface area (Å²) in [5.74, 6) is 0.159. The number of ether oxygens (including phenoxy) is 2. The van der Waals surface area contributed by atoms with Crippen molar-refractivity contribution in [3.05, 3.63) is 101 Å². The molecule has 1 unspecified atom stereocenters. The van der Waals surface area contributed by atoms with E-state index in [2.05, 4.69) is 5.32 Å². The van der Waals surface area contributed by atoms with Crippen LogP contribution in [0.3, 0.4) is 0 Å². The molecule has 0 aliphatic carbocycles. The SMILES string of the molecule is CCOC(=O)C1(c2ccccc2)C=C(c2ccccc2)c2cc(Cl)c(OC)cc2N1. The number of rotatable bonds is 5. The van der Waals surface area contributed by atoms with Crippen LogP contribution in [-0.4, -0.2) is 19.7 Å². The van der Waals surface area contributed by atoms with Crippen LogP contribution in [0.15, 0.2) is 78.9 Å². The number of carbonyl (C=O) groups excluding carboxylic acids is 1. The molecule has 0 saturated heterocycles. The van der Waals surface area contributed by atoms with E-state index >= 15 is 0 Å². The summed E-state index contributed by atoms with van der Waals surface area (Å²) >= 11 is 6.44. The lowest BCUT2D eigenvalue weighted by atomic mass is 9.80. The van der Waals surface area contributed by atoms with Crippen LogP contribution >= 0.6 is 11.6 Å². The molecule has 0 radical (unpaired) electrons. The number of halogens is 1. The van der Waals surface area contributed by atoms with Gasteiger partial charge in [-0.25, -0.2) is 4.79 Å². The van der Waals surface area contributed by atoms with Gasteiger partial charge in [-0.2, -0.15) is 0 Å². The quantitative estimate of drug-likeness (QED) is 0.542. The number of hydrogen-bond donors (Lipinski definition) is 1. The molecule has 30 heavy (non-hydrogen) atoms. The highest BCUT2D eigenvalue weighted by Gasteiger charge is 2.43. The highest BCUT2D eigenvalue weighted by Crippen LogP contribution is 2.45. The number of nitrogens with one attached hydrogen (secondary N) is 1. The zero-order valence-corrected chi connectivity index (χ0v) is 17.6. The van der Waals surface area contributed by atoms with E-state index in [4.69, 9.17) is 21.1 Å². The largest absolute Gasteiger partial charge is 0.495 e. The van der Waals surface area contributed by atoms with Crippen LogP contribution in [0.4, 0.5) is 5.69 Å². The topological polar surface area (TPSA) is 47.6 Å². The van der Waals surface area contributed by atoms with Crippen LogP contribution in [0.25, 0.3) is 5.57 Å². The Labute approximate surface area is 181 Å². The molecule has 1 heterocycles. The molecule has 4 nitrogen and oxygen atoms in total. The molecular formula is C25H22ClNO3. The zero-order valence-electron chi connectivity index (χ0n) is 16.8. The fourth-order valence-electron chi connectivity index (χ4n) is 3.76. The van der Waals surface area contributed by atoms with E-state index in [1.807, 2.05) is 78.9 Å². The van der Waals surface area contributed by atoms with Gasteiger partial charge in [-0.1, -0.05) is 72.3 Å². The van der Waals surface area contributed by atoms with Crippen LogP contribution < -0.4 is 10.1 Å². The van der Waals surface area contributed by atoms with E-state index in [-0.39, 0.29) is 12.6 Å². The van der Waals surface area contributed by atoms with Gasteiger partial charge in [0, 0.05) is 17.3 Å². The third-order valence-corrected chi connectivity index (χ3v) is 5.48. The van der Waals surface area contributed by atoms with Crippen LogP contribution in [0.2, 0.25) is 5.02 Å². The lowest BCUT2D eigenvalue weighted by molar-refractivity contribution is -0.147. The number of esters is 1. The minimum atomic E-state index is -1.19. The molecule has 5 heteroatoms. The molecule has 0 aromatic heterocycles. The third kappa shape index (κ3) is 3.44. The number of methoxy groups -OCH3 is 1.